The van der Waals surface area contributed by atoms with Crippen LogP contribution in [0.25, 0.3) is 16.9 Å². The van der Waals surface area contributed by atoms with Gasteiger partial charge in [-0.25, -0.2) is 0 Å². The molecule has 2 aromatic heterocycles. The normalized spacial score (nSPS) is 11.2. The summed E-state index contributed by atoms with van der Waals surface area (Å²) in [6.07, 6.45) is 1.35. The molecule has 0 atom stereocenters. The molecule has 0 aliphatic heterocycles. The third kappa shape index (κ3) is 2.15. The van der Waals surface area contributed by atoms with Gasteiger partial charge in [0.15, 0.2) is 0 Å². The fourth-order valence-corrected chi connectivity index (χ4v) is 2.83. The van der Waals surface area contributed by atoms with Crippen LogP contribution in [0.5, 0.6) is 0 Å². The highest BCUT2D eigenvalue weighted by Crippen LogP contribution is 2.38. The highest BCUT2D eigenvalue weighted by Gasteiger charge is 2.18. The average molecular weight is 334 g/mol. The van der Waals surface area contributed by atoms with E-state index in [1.165, 1.54) is 10.8 Å². The fourth-order valence-electron chi connectivity index (χ4n) is 1.70. The zero-order valence-electron chi connectivity index (χ0n) is 9.11. The van der Waals surface area contributed by atoms with Crippen molar-refractivity contribution in [2.45, 2.75) is 0 Å². The van der Waals surface area contributed by atoms with Gasteiger partial charge in [0.2, 0.25) is 0 Å². The van der Waals surface area contributed by atoms with E-state index in [1.807, 2.05) is 0 Å². The summed E-state index contributed by atoms with van der Waals surface area (Å²) in [5.41, 5.74) is 1.12. The average Bonchev–Trinajstić information content (AvgIpc) is 2.80. The lowest BCUT2D eigenvalue weighted by atomic mass is 10.1. The molecule has 0 saturated carbocycles. The molecule has 2 heterocycles. The second-order valence-corrected chi connectivity index (χ2v) is 5.22. The lowest BCUT2D eigenvalue weighted by Crippen LogP contribution is -1.97. The molecule has 3 rings (SSSR count). The summed E-state index contributed by atoms with van der Waals surface area (Å²) in [4.78, 5) is 8.04. The molecule has 0 saturated heterocycles. The molecule has 19 heavy (non-hydrogen) atoms. The summed E-state index contributed by atoms with van der Waals surface area (Å²) in [6, 6.07) is 5.03. The minimum Gasteiger partial charge on any atom is -0.198 e. The van der Waals surface area contributed by atoms with Crippen LogP contribution in [-0.2, 0) is 0 Å². The lowest BCUT2D eigenvalue weighted by Gasteiger charge is -2.09. The van der Waals surface area contributed by atoms with Crippen molar-refractivity contribution in [1.29, 1.82) is 0 Å². The number of nitrogens with zero attached hydrogens (tertiary/aromatic N) is 4. The van der Waals surface area contributed by atoms with Gasteiger partial charge in [-0.3, -0.25) is 0 Å². The van der Waals surface area contributed by atoms with E-state index in [9.17, 15) is 0 Å². The number of rotatable bonds is 1. The number of benzene rings is 1. The molecule has 1 aromatic carbocycles. The molecule has 0 N–H and O–H groups in total. The molecule has 96 valence electrons. The van der Waals surface area contributed by atoms with Gasteiger partial charge in [-0.15, -0.1) is 0 Å². The fraction of sp³-hybridized carbons (Fsp3) is 0. The van der Waals surface area contributed by atoms with E-state index in [4.69, 9.17) is 46.4 Å². The maximum atomic E-state index is 6.28. The summed E-state index contributed by atoms with van der Waals surface area (Å²) in [6.45, 7) is 0. The van der Waals surface area contributed by atoms with Gasteiger partial charge in [-0.05, 0) is 12.1 Å². The number of hydrogen-bond acceptors (Lipinski definition) is 3. The van der Waals surface area contributed by atoms with E-state index in [0.717, 1.165) is 0 Å². The molecule has 3 aromatic rings. The SMILES string of the molecule is Clc1ccc(-c2c(Cl)nc3ncnn3c2Cl)c(Cl)c1. The van der Waals surface area contributed by atoms with Crippen molar-refractivity contribution in [3.8, 4) is 11.1 Å². The Labute approximate surface area is 127 Å². The van der Waals surface area contributed by atoms with E-state index in [1.54, 1.807) is 18.2 Å². The predicted molar refractivity (Wildman–Crippen MR) is 76.3 cm³/mol. The van der Waals surface area contributed by atoms with Gasteiger partial charge in [0.25, 0.3) is 5.78 Å². The lowest BCUT2D eigenvalue weighted by molar-refractivity contribution is 0.942. The first-order valence-corrected chi connectivity index (χ1v) is 6.59. The molecule has 4 nitrogen and oxygen atoms in total. The number of hydrogen-bond donors (Lipinski definition) is 0. The first-order chi connectivity index (χ1) is 9.08. The molecule has 0 aliphatic carbocycles. The Morgan fingerprint density at radius 2 is 1.84 bits per heavy atom. The zero-order valence-corrected chi connectivity index (χ0v) is 12.1. The Hall–Kier alpha value is -1.07. The maximum Gasteiger partial charge on any atom is 0.255 e. The van der Waals surface area contributed by atoms with Crippen LogP contribution in [-0.4, -0.2) is 19.6 Å². The largest absolute Gasteiger partial charge is 0.255 e. The van der Waals surface area contributed by atoms with Crippen molar-refractivity contribution in [2.75, 3.05) is 0 Å². The monoisotopic (exact) mass is 332 g/mol. The second kappa shape index (κ2) is 4.80. The Kier molecular flexibility index (Phi) is 3.27. The van der Waals surface area contributed by atoms with Crippen LogP contribution in [0.15, 0.2) is 24.5 Å². The van der Waals surface area contributed by atoms with Gasteiger partial charge >= 0.3 is 0 Å². The predicted octanol–water partition coefficient (Wildman–Crippen LogP) is 4.40. The molecule has 0 fully saturated rings. The molecular weight excluding hydrogens is 330 g/mol. The van der Waals surface area contributed by atoms with Gasteiger partial charge in [0, 0.05) is 10.6 Å². The van der Waals surface area contributed by atoms with Crippen LogP contribution in [0.2, 0.25) is 20.4 Å². The Morgan fingerprint density at radius 3 is 2.58 bits per heavy atom. The summed E-state index contributed by atoms with van der Waals surface area (Å²) in [5, 5.41) is 5.42. The molecule has 8 heteroatoms. The first-order valence-electron chi connectivity index (χ1n) is 5.08. The molecule has 0 radical (unpaired) electrons. The van der Waals surface area contributed by atoms with Crippen molar-refractivity contribution in [1.82, 2.24) is 19.6 Å². The number of aromatic nitrogens is 4. The molecule has 0 amide bonds. The topological polar surface area (TPSA) is 43.1 Å². The van der Waals surface area contributed by atoms with Crippen LogP contribution < -0.4 is 0 Å². The molecule has 0 bridgehead atoms. The molecular formula is C11H4Cl4N4. The highest BCUT2D eigenvalue weighted by molar-refractivity contribution is 6.41. The van der Waals surface area contributed by atoms with Crippen LogP contribution >= 0.6 is 46.4 Å². The third-order valence-electron chi connectivity index (χ3n) is 2.53. The smallest absolute Gasteiger partial charge is 0.198 e. The van der Waals surface area contributed by atoms with Gasteiger partial charge in [-0.2, -0.15) is 19.6 Å². The molecule has 0 spiro atoms. The summed E-state index contributed by atoms with van der Waals surface area (Å²) >= 11 is 24.4. The van der Waals surface area contributed by atoms with Crippen molar-refractivity contribution in [3.05, 3.63) is 44.9 Å². The van der Waals surface area contributed by atoms with E-state index in [-0.39, 0.29) is 10.3 Å². The standard InChI is InChI=1S/C11H4Cl4N4/c12-5-1-2-6(7(13)3-5)8-9(14)18-11-16-4-17-19(11)10(8)15/h1-4H. The molecule has 0 aliphatic rings. The van der Waals surface area contributed by atoms with E-state index in [2.05, 4.69) is 15.1 Å². The third-order valence-corrected chi connectivity index (χ3v) is 3.70. The summed E-state index contributed by atoms with van der Waals surface area (Å²) < 4.78 is 1.38. The number of halogens is 4. The van der Waals surface area contributed by atoms with Crippen molar-refractivity contribution < 1.29 is 0 Å². The van der Waals surface area contributed by atoms with Crippen LogP contribution in [0.1, 0.15) is 0 Å². The van der Waals surface area contributed by atoms with Gasteiger partial charge < -0.3 is 0 Å². The van der Waals surface area contributed by atoms with Crippen molar-refractivity contribution in [3.63, 3.8) is 0 Å². The minimum atomic E-state index is 0.203. The Morgan fingerprint density at radius 1 is 1.05 bits per heavy atom. The van der Waals surface area contributed by atoms with Crippen LogP contribution in [0.4, 0.5) is 0 Å². The van der Waals surface area contributed by atoms with Gasteiger partial charge in [0.05, 0.1) is 10.6 Å². The van der Waals surface area contributed by atoms with E-state index < -0.39 is 0 Å². The van der Waals surface area contributed by atoms with Crippen molar-refractivity contribution in [2.24, 2.45) is 0 Å². The van der Waals surface area contributed by atoms with E-state index >= 15 is 0 Å². The van der Waals surface area contributed by atoms with Gasteiger partial charge in [-0.1, -0.05) is 52.5 Å². The van der Waals surface area contributed by atoms with Crippen LogP contribution in [0, 0.1) is 0 Å². The van der Waals surface area contributed by atoms with Gasteiger partial charge in [0.1, 0.15) is 16.6 Å². The minimum absolute atomic E-state index is 0.203. The van der Waals surface area contributed by atoms with E-state index in [0.29, 0.717) is 26.9 Å². The van der Waals surface area contributed by atoms with Crippen LogP contribution in [0.3, 0.4) is 0 Å². The maximum absolute atomic E-state index is 6.28. The Bertz CT molecular complexity index is 784. The summed E-state index contributed by atoms with van der Waals surface area (Å²) in [7, 11) is 0. The molecule has 0 unspecified atom stereocenters. The Balaban J connectivity index is 2.35. The number of fused-ring (bicyclic) bond motifs is 1. The second-order valence-electron chi connectivity index (χ2n) is 3.66. The zero-order chi connectivity index (χ0) is 13.6. The van der Waals surface area contributed by atoms with Crippen molar-refractivity contribution >= 4 is 52.2 Å². The highest BCUT2D eigenvalue weighted by atomic mass is 35.5. The summed E-state index contributed by atoms with van der Waals surface area (Å²) in [5.74, 6) is 0.323. The quantitative estimate of drug-likeness (QED) is 0.620. The first kappa shape index (κ1) is 12.9.